The molecule has 0 spiro atoms. The van der Waals surface area contributed by atoms with Crippen LogP contribution in [0, 0.1) is 19.7 Å². The monoisotopic (exact) mass is 298 g/mol. The summed E-state index contributed by atoms with van der Waals surface area (Å²) in [4.78, 5) is 5.64. The number of aromatic amines is 1. The molecule has 0 bridgehead atoms. The van der Waals surface area contributed by atoms with Gasteiger partial charge < -0.3 is 4.98 Å². The molecule has 1 aromatic heterocycles. The molecule has 0 unspecified atom stereocenters. The van der Waals surface area contributed by atoms with Crippen LogP contribution in [0.15, 0.2) is 52.3 Å². The Morgan fingerprint density at radius 1 is 1.19 bits per heavy atom. The fourth-order valence-electron chi connectivity index (χ4n) is 2.52. The van der Waals surface area contributed by atoms with Crippen LogP contribution < -0.4 is 0 Å². The van der Waals surface area contributed by atoms with Crippen LogP contribution in [0.2, 0.25) is 0 Å². The van der Waals surface area contributed by atoms with Crippen LogP contribution in [0.25, 0.3) is 10.9 Å². The predicted octanol–water partition coefficient (Wildman–Crippen LogP) is 5.53. The van der Waals surface area contributed by atoms with Gasteiger partial charge in [0.25, 0.3) is 0 Å². The third-order valence-corrected chi connectivity index (χ3v) is 4.87. The van der Waals surface area contributed by atoms with Gasteiger partial charge in [-0.05, 0) is 49.6 Å². The Kier molecular flexibility index (Phi) is 4.02. The minimum atomic E-state index is -0.200. The third-order valence-electron chi connectivity index (χ3n) is 3.52. The number of fused-ring (bicyclic) bond motifs is 1. The number of halogens is 1. The summed E-state index contributed by atoms with van der Waals surface area (Å²) in [5.41, 5.74) is 3.35. The molecule has 3 heteroatoms. The van der Waals surface area contributed by atoms with Crippen molar-refractivity contribution >= 4 is 22.7 Å². The molecule has 2 aromatic carbocycles. The summed E-state index contributed by atoms with van der Waals surface area (Å²) < 4.78 is 13.5. The Morgan fingerprint density at radius 3 is 2.81 bits per heavy atom. The summed E-state index contributed by atoms with van der Waals surface area (Å²) in [6.07, 6.45) is 1.83. The van der Waals surface area contributed by atoms with E-state index in [0.717, 1.165) is 34.3 Å². The van der Waals surface area contributed by atoms with Crippen LogP contribution in [0.1, 0.15) is 17.7 Å². The summed E-state index contributed by atoms with van der Waals surface area (Å²) in [5, 5.41) is 0.946. The van der Waals surface area contributed by atoms with Gasteiger partial charge in [-0.2, -0.15) is 0 Å². The standard InChI is InChI=1S/C18H17FNS/c1-3-6-13-7-4-5-8-17(13)21-18-12(2)20-16-10-9-14(19)11-15(16)18/h4-5,7-11,20H,1,3,6H2,2H3. The van der Waals surface area contributed by atoms with Gasteiger partial charge in [-0.3, -0.25) is 0 Å². The van der Waals surface area contributed by atoms with E-state index in [9.17, 15) is 4.39 Å². The molecule has 0 aliphatic rings. The van der Waals surface area contributed by atoms with Crippen LogP contribution in [0.3, 0.4) is 0 Å². The largest absolute Gasteiger partial charge is 0.358 e. The molecule has 1 heterocycles. The Bertz CT molecular complexity index is 776. The second-order valence-corrected chi connectivity index (χ2v) is 6.13. The average molecular weight is 298 g/mol. The molecule has 107 valence electrons. The zero-order chi connectivity index (χ0) is 14.8. The van der Waals surface area contributed by atoms with E-state index < -0.39 is 0 Å². The van der Waals surface area contributed by atoms with Crippen molar-refractivity contribution in [2.24, 2.45) is 0 Å². The Hall–Kier alpha value is -1.74. The number of aryl methyl sites for hydroxylation is 2. The van der Waals surface area contributed by atoms with Crippen molar-refractivity contribution in [3.63, 3.8) is 0 Å². The molecule has 0 aliphatic carbocycles. The highest BCUT2D eigenvalue weighted by atomic mass is 32.2. The van der Waals surface area contributed by atoms with Gasteiger partial charge in [-0.1, -0.05) is 36.9 Å². The van der Waals surface area contributed by atoms with Gasteiger partial charge in [0, 0.05) is 26.4 Å². The Morgan fingerprint density at radius 2 is 2.00 bits per heavy atom. The molecule has 3 aromatic rings. The lowest BCUT2D eigenvalue weighted by molar-refractivity contribution is 0.629. The van der Waals surface area contributed by atoms with Gasteiger partial charge in [0.15, 0.2) is 0 Å². The predicted molar refractivity (Wildman–Crippen MR) is 87.2 cm³/mol. The van der Waals surface area contributed by atoms with Crippen molar-refractivity contribution in [1.29, 1.82) is 0 Å². The first-order chi connectivity index (χ1) is 10.2. The fraction of sp³-hybridized carbons (Fsp3) is 0.167. The van der Waals surface area contributed by atoms with Crippen molar-refractivity contribution in [3.8, 4) is 0 Å². The quantitative estimate of drug-likeness (QED) is 0.669. The number of rotatable bonds is 4. The maximum Gasteiger partial charge on any atom is 0.123 e. The maximum absolute atomic E-state index is 13.5. The van der Waals surface area contributed by atoms with Crippen molar-refractivity contribution < 1.29 is 4.39 Å². The first-order valence-corrected chi connectivity index (χ1v) is 7.83. The normalized spacial score (nSPS) is 11.2. The highest BCUT2D eigenvalue weighted by Crippen LogP contribution is 2.38. The number of nitrogens with one attached hydrogen (secondary N) is 1. The first kappa shape index (κ1) is 14.2. The SMILES string of the molecule is [CH2]CCc1ccccc1Sc1c(C)[nH]c2ccc(F)cc12. The zero-order valence-corrected chi connectivity index (χ0v) is 12.8. The summed E-state index contributed by atoms with van der Waals surface area (Å²) in [6.45, 7) is 5.97. The number of hydrogen-bond donors (Lipinski definition) is 1. The molecule has 21 heavy (non-hydrogen) atoms. The van der Waals surface area contributed by atoms with Crippen molar-refractivity contribution in [2.75, 3.05) is 0 Å². The number of benzene rings is 2. The Labute approximate surface area is 128 Å². The van der Waals surface area contributed by atoms with Gasteiger partial charge in [0.2, 0.25) is 0 Å². The first-order valence-electron chi connectivity index (χ1n) is 7.02. The molecule has 0 amide bonds. The zero-order valence-electron chi connectivity index (χ0n) is 11.9. The van der Waals surface area contributed by atoms with Gasteiger partial charge in [0.05, 0.1) is 0 Å². The summed E-state index contributed by atoms with van der Waals surface area (Å²) in [7, 11) is 0. The second-order valence-electron chi connectivity index (χ2n) is 5.08. The molecule has 0 saturated carbocycles. The lowest BCUT2D eigenvalue weighted by Crippen LogP contribution is -1.87. The van der Waals surface area contributed by atoms with Crippen molar-refractivity contribution in [3.05, 3.63) is 66.5 Å². The minimum absolute atomic E-state index is 0.200. The number of H-pyrrole nitrogens is 1. The van der Waals surface area contributed by atoms with Crippen LogP contribution in [0.5, 0.6) is 0 Å². The van der Waals surface area contributed by atoms with E-state index in [1.54, 1.807) is 23.9 Å². The van der Waals surface area contributed by atoms with Gasteiger partial charge in [-0.15, -0.1) is 0 Å². The lowest BCUT2D eigenvalue weighted by Gasteiger charge is -2.08. The second kappa shape index (κ2) is 5.94. The molecule has 1 radical (unpaired) electrons. The van der Waals surface area contributed by atoms with Crippen LogP contribution in [-0.4, -0.2) is 4.98 Å². The average Bonchev–Trinajstić information content (AvgIpc) is 2.77. The lowest BCUT2D eigenvalue weighted by atomic mass is 10.1. The minimum Gasteiger partial charge on any atom is -0.358 e. The number of aromatic nitrogens is 1. The molecule has 3 rings (SSSR count). The molecule has 0 fully saturated rings. The van der Waals surface area contributed by atoms with E-state index >= 15 is 0 Å². The van der Waals surface area contributed by atoms with Gasteiger partial charge >= 0.3 is 0 Å². The van der Waals surface area contributed by atoms with E-state index in [1.807, 2.05) is 13.0 Å². The summed E-state index contributed by atoms with van der Waals surface area (Å²) >= 11 is 1.70. The Balaban J connectivity index is 2.06. The van der Waals surface area contributed by atoms with E-state index in [4.69, 9.17) is 0 Å². The van der Waals surface area contributed by atoms with E-state index in [-0.39, 0.29) is 5.82 Å². The van der Waals surface area contributed by atoms with Crippen molar-refractivity contribution in [1.82, 2.24) is 4.98 Å². The highest BCUT2D eigenvalue weighted by molar-refractivity contribution is 7.99. The third kappa shape index (κ3) is 2.84. The van der Waals surface area contributed by atoms with Gasteiger partial charge in [0.1, 0.15) is 5.82 Å². The topological polar surface area (TPSA) is 15.8 Å². The molecular formula is C18H17FNS. The van der Waals surface area contributed by atoms with E-state index in [2.05, 4.69) is 30.1 Å². The van der Waals surface area contributed by atoms with Crippen LogP contribution in [0.4, 0.5) is 4.39 Å². The molecule has 0 aliphatic heterocycles. The molecule has 1 nitrogen and oxygen atoms in total. The fourth-order valence-corrected chi connectivity index (χ4v) is 3.67. The maximum atomic E-state index is 13.5. The number of hydrogen-bond acceptors (Lipinski definition) is 1. The summed E-state index contributed by atoms with van der Waals surface area (Å²) in [6, 6.07) is 13.2. The molecular weight excluding hydrogens is 281 g/mol. The smallest absolute Gasteiger partial charge is 0.123 e. The van der Waals surface area contributed by atoms with E-state index in [0.29, 0.717) is 0 Å². The van der Waals surface area contributed by atoms with Crippen LogP contribution in [-0.2, 0) is 6.42 Å². The highest BCUT2D eigenvalue weighted by Gasteiger charge is 2.12. The van der Waals surface area contributed by atoms with Crippen LogP contribution >= 0.6 is 11.8 Å². The summed E-state index contributed by atoms with van der Waals surface area (Å²) in [5.74, 6) is -0.200. The van der Waals surface area contributed by atoms with Crippen molar-refractivity contribution in [2.45, 2.75) is 29.6 Å². The van der Waals surface area contributed by atoms with Gasteiger partial charge in [-0.25, -0.2) is 4.39 Å². The molecule has 0 saturated heterocycles. The molecule has 1 N–H and O–H groups in total. The molecule has 0 atom stereocenters. The van der Waals surface area contributed by atoms with E-state index in [1.165, 1.54) is 16.5 Å².